The van der Waals surface area contributed by atoms with Gasteiger partial charge in [-0.25, -0.2) is 0 Å². The fourth-order valence-electron chi connectivity index (χ4n) is 5.56. The Labute approximate surface area is 378 Å². The molecule has 5 heteroatoms. The number of aryl methyl sites for hydroxylation is 1. The first-order valence-corrected chi connectivity index (χ1v) is 25.8. The Bertz CT molecular complexity index is 2030. The average molecular weight is 950 g/mol. The third kappa shape index (κ3) is 19.4. The van der Waals surface area contributed by atoms with Crippen LogP contribution in [-0.4, -0.2) is 0 Å². The number of terminal acetylenes is 1. The summed E-state index contributed by atoms with van der Waals surface area (Å²) in [7, 11) is 8.74. The Morgan fingerprint density at radius 3 is 0.717 bits per heavy atom. The standard InChI is InChI=1S/2C18H15P.C9H8.C7H8.C3H4.2ClH.Pd/c2*1-4-10-16(11-5-1)19(17-12-6-2-7-13-17)18-14-8-3-9-15-18;1-2-6-9-7-4-3-5-8-9;1-7-5-3-2-4-6-7;1-3-2;;;/h2*1-15H;3-5,7-8H,1H3;2-6H,1H3;1H,2H3;2*1H;/q;;;;;;;+2/p-2. The van der Waals surface area contributed by atoms with Crippen molar-refractivity contribution < 1.29 is 15.9 Å². The van der Waals surface area contributed by atoms with E-state index in [0.717, 1.165) is 5.56 Å². The number of rotatable bonds is 6. The van der Waals surface area contributed by atoms with E-state index in [-0.39, 0.29) is 15.9 Å². The molecule has 0 spiro atoms. The molecule has 0 fully saturated rings. The van der Waals surface area contributed by atoms with Crippen molar-refractivity contribution in [2.24, 2.45) is 0 Å². The van der Waals surface area contributed by atoms with Gasteiger partial charge in [0, 0.05) is 5.56 Å². The summed E-state index contributed by atoms with van der Waals surface area (Å²) in [5.41, 5.74) is 2.41. The molecule has 0 atom stereocenters. The number of benzene rings is 8. The molecule has 304 valence electrons. The molecule has 0 aliphatic heterocycles. The monoisotopic (exact) mass is 948 g/mol. The van der Waals surface area contributed by atoms with Crippen molar-refractivity contribution in [1.82, 2.24) is 0 Å². The van der Waals surface area contributed by atoms with Crippen LogP contribution in [0.3, 0.4) is 0 Å². The maximum absolute atomic E-state index is 4.81. The Morgan fingerprint density at radius 1 is 0.367 bits per heavy atom. The summed E-state index contributed by atoms with van der Waals surface area (Å²) in [5.74, 6) is 8.04. The molecule has 0 aliphatic carbocycles. The molecule has 0 N–H and O–H groups in total. The molecule has 0 aromatic heterocycles. The molecule has 0 amide bonds. The molecule has 0 aliphatic rings. The van der Waals surface area contributed by atoms with Crippen molar-refractivity contribution >= 4 is 66.7 Å². The van der Waals surface area contributed by atoms with Crippen molar-refractivity contribution in [2.75, 3.05) is 0 Å². The predicted octanol–water partition coefficient (Wildman–Crippen LogP) is 13.0. The summed E-state index contributed by atoms with van der Waals surface area (Å²) in [4.78, 5) is 0. The zero-order valence-electron chi connectivity index (χ0n) is 34.1. The largest absolute Gasteiger partial charge is 0.0622 e. The molecular formula is C55H50Cl2P2Pd. The number of halogens is 2. The van der Waals surface area contributed by atoms with Crippen LogP contribution in [0.4, 0.5) is 0 Å². The zero-order valence-corrected chi connectivity index (χ0v) is 39.0. The zero-order chi connectivity index (χ0) is 42.9. The minimum absolute atomic E-state index is 0.106. The normalized spacial score (nSPS) is 9.37. The van der Waals surface area contributed by atoms with Gasteiger partial charge in [0.25, 0.3) is 0 Å². The summed E-state index contributed by atoms with van der Waals surface area (Å²) in [6.07, 6.45) is 4.60. The van der Waals surface area contributed by atoms with E-state index in [4.69, 9.17) is 19.1 Å². The van der Waals surface area contributed by atoms with Crippen LogP contribution in [0, 0.1) is 31.1 Å². The predicted molar refractivity (Wildman–Crippen MR) is 267 cm³/mol. The Morgan fingerprint density at radius 2 is 0.550 bits per heavy atom. The van der Waals surface area contributed by atoms with Crippen LogP contribution in [0.15, 0.2) is 243 Å². The maximum Gasteiger partial charge on any atom is -0.0134 e. The molecular weight excluding hydrogens is 900 g/mol. The van der Waals surface area contributed by atoms with Gasteiger partial charge < -0.3 is 0 Å². The van der Waals surface area contributed by atoms with Crippen molar-refractivity contribution in [2.45, 2.75) is 20.8 Å². The van der Waals surface area contributed by atoms with E-state index in [9.17, 15) is 0 Å². The molecule has 8 aromatic rings. The summed E-state index contributed by atoms with van der Waals surface area (Å²) < 4.78 is 0. The first-order chi connectivity index (χ1) is 29.6. The topological polar surface area (TPSA) is 0 Å². The van der Waals surface area contributed by atoms with Gasteiger partial charge in [-0.3, -0.25) is 0 Å². The van der Waals surface area contributed by atoms with E-state index in [1.165, 1.54) is 37.4 Å². The summed E-state index contributed by atoms with van der Waals surface area (Å²) in [6, 6.07) is 84.9. The Balaban J connectivity index is 0.000000217. The average Bonchev–Trinajstić information content (AvgIpc) is 3.31. The fraction of sp³-hybridized carbons (Fsp3) is 0.0545. The van der Waals surface area contributed by atoms with E-state index in [1.54, 1.807) is 6.92 Å². The number of hydrogen-bond acceptors (Lipinski definition) is 0. The van der Waals surface area contributed by atoms with Crippen LogP contribution in [-0.2, 0) is 15.9 Å². The van der Waals surface area contributed by atoms with E-state index in [0.29, 0.717) is 0 Å². The van der Waals surface area contributed by atoms with Gasteiger partial charge in [-0.1, -0.05) is 242 Å². The van der Waals surface area contributed by atoms with E-state index in [2.05, 4.69) is 225 Å². The second-order valence-electron chi connectivity index (χ2n) is 12.4. The van der Waals surface area contributed by atoms with Crippen molar-refractivity contribution in [3.63, 3.8) is 0 Å². The van der Waals surface area contributed by atoms with E-state index in [1.807, 2.05) is 55.5 Å². The first kappa shape index (κ1) is 49.3. The van der Waals surface area contributed by atoms with E-state index >= 15 is 0 Å². The van der Waals surface area contributed by atoms with Crippen LogP contribution < -0.4 is 31.8 Å². The van der Waals surface area contributed by atoms with Crippen molar-refractivity contribution in [3.05, 3.63) is 254 Å². The van der Waals surface area contributed by atoms with Gasteiger partial charge in [-0.05, 0) is 80.6 Å². The molecule has 0 saturated heterocycles. The second-order valence-corrected chi connectivity index (χ2v) is 19.2. The summed E-state index contributed by atoms with van der Waals surface area (Å²) in [5, 5.41) is 8.39. The van der Waals surface area contributed by atoms with Gasteiger partial charge in [0.2, 0.25) is 0 Å². The molecule has 8 rings (SSSR count). The molecule has 0 nitrogen and oxygen atoms in total. The third-order valence-electron chi connectivity index (χ3n) is 8.07. The molecule has 8 aromatic carbocycles. The molecule has 0 saturated carbocycles. The van der Waals surface area contributed by atoms with Gasteiger partial charge in [0.05, 0.1) is 0 Å². The molecule has 0 radical (unpaired) electrons. The van der Waals surface area contributed by atoms with Gasteiger partial charge in [0.15, 0.2) is 0 Å². The van der Waals surface area contributed by atoms with Gasteiger partial charge in [-0.15, -0.1) is 18.3 Å². The Kier molecular flexibility index (Phi) is 26.2. The maximum atomic E-state index is 4.81. The minimum Gasteiger partial charge on any atom is -0.0622 e. The first-order valence-electron chi connectivity index (χ1n) is 19.2. The van der Waals surface area contributed by atoms with Crippen LogP contribution in [0.25, 0.3) is 0 Å². The molecule has 0 unspecified atom stereocenters. The van der Waals surface area contributed by atoms with Gasteiger partial charge >= 0.3 is 35.0 Å². The van der Waals surface area contributed by atoms with Crippen LogP contribution in [0.1, 0.15) is 25.0 Å². The smallest absolute Gasteiger partial charge is 0.0134 e. The van der Waals surface area contributed by atoms with Crippen molar-refractivity contribution in [3.8, 4) is 24.2 Å². The van der Waals surface area contributed by atoms with E-state index < -0.39 is 15.8 Å². The SMILES string of the molecule is C#CC.CC#Cc1ccccc1.Cc1ccccc1.[Cl][Pd][Cl].c1ccc(P(c2ccccc2)c2ccccc2)cc1.c1ccc(P(c2ccccc2)c2ccccc2)cc1. The minimum atomic E-state index is -0.446. The van der Waals surface area contributed by atoms with Crippen LogP contribution in [0.2, 0.25) is 0 Å². The van der Waals surface area contributed by atoms with Crippen LogP contribution >= 0.6 is 34.9 Å². The van der Waals surface area contributed by atoms with Gasteiger partial charge in [0.1, 0.15) is 0 Å². The van der Waals surface area contributed by atoms with Crippen molar-refractivity contribution in [1.29, 1.82) is 0 Å². The third-order valence-corrected chi connectivity index (χ3v) is 13.0. The molecule has 0 heterocycles. The number of hydrogen-bond donors (Lipinski definition) is 0. The summed E-state index contributed by atoms with van der Waals surface area (Å²) >= 11 is -0.106. The molecule has 60 heavy (non-hydrogen) atoms. The molecule has 0 bridgehead atoms. The summed E-state index contributed by atoms with van der Waals surface area (Å²) in [6.45, 7) is 5.58. The second kappa shape index (κ2) is 31.8. The quantitative estimate of drug-likeness (QED) is 0.0885. The van der Waals surface area contributed by atoms with Crippen LogP contribution in [0.5, 0.6) is 0 Å². The van der Waals surface area contributed by atoms with Gasteiger partial charge in [-0.2, -0.15) is 0 Å². The fourth-order valence-corrected chi connectivity index (χ4v) is 10.2. The Hall–Kier alpha value is -5.02.